The maximum Gasteiger partial charge on any atom is 0.0696 e. The number of halogens is 2. The van der Waals surface area contributed by atoms with Gasteiger partial charge in [-0.25, -0.2) is 0 Å². The molecule has 2 rings (SSSR count). The molecule has 0 bridgehead atoms. The van der Waals surface area contributed by atoms with Crippen molar-refractivity contribution in [3.05, 3.63) is 32.0 Å². The predicted molar refractivity (Wildman–Crippen MR) is 63.1 cm³/mol. The second kappa shape index (κ2) is 3.69. The molecule has 0 fully saturated rings. The van der Waals surface area contributed by atoms with E-state index in [1.54, 1.807) is 11.3 Å². The van der Waals surface area contributed by atoms with E-state index < -0.39 is 0 Å². The van der Waals surface area contributed by atoms with E-state index >= 15 is 0 Å². The summed E-state index contributed by atoms with van der Waals surface area (Å²) in [5, 5.41) is 12.2. The molecular weight excluding hydrogens is 316 g/mol. The Bertz CT molecular complexity index is 450. The highest BCUT2D eigenvalue weighted by atomic mass is 79.9. The molecule has 0 unspecified atom stereocenters. The first kappa shape index (κ1) is 9.65. The average Bonchev–Trinajstić information content (AvgIpc) is 2.47. The van der Waals surface area contributed by atoms with Gasteiger partial charge in [-0.05, 0) is 23.1 Å². The summed E-state index contributed by atoms with van der Waals surface area (Å²) >= 11 is 8.56. The molecule has 4 heteroatoms. The molecule has 0 aliphatic carbocycles. The number of aliphatic hydroxyl groups excluding tert-OH is 1. The van der Waals surface area contributed by atoms with Gasteiger partial charge >= 0.3 is 0 Å². The molecular formula is C9H6Br2OS. The van der Waals surface area contributed by atoms with Crippen LogP contribution in [0.2, 0.25) is 0 Å². The molecule has 0 atom stereocenters. The quantitative estimate of drug-likeness (QED) is 0.844. The Kier molecular flexibility index (Phi) is 2.74. The van der Waals surface area contributed by atoms with E-state index in [-0.39, 0.29) is 6.61 Å². The Hall–Kier alpha value is 0.1000. The molecule has 0 radical (unpaired) electrons. The standard InChI is InChI=1S/C9H6Br2OS/c10-6-1-7(11)9-5(3-12)4-13-8(9)2-6/h1-2,4,12H,3H2. The molecule has 0 spiro atoms. The van der Waals surface area contributed by atoms with E-state index in [0.29, 0.717) is 0 Å². The summed E-state index contributed by atoms with van der Waals surface area (Å²) in [5.41, 5.74) is 0.986. The maximum atomic E-state index is 9.09. The van der Waals surface area contributed by atoms with Crippen LogP contribution in [-0.4, -0.2) is 5.11 Å². The second-order valence-electron chi connectivity index (χ2n) is 2.68. The van der Waals surface area contributed by atoms with Crippen molar-refractivity contribution in [1.82, 2.24) is 0 Å². The number of rotatable bonds is 1. The van der Waals surface area contributed by atoms with Crippen molar-refractivity contribution in [1.29, 1.82) is 0 Å². The maximum absolute atomic E-state index is 9.09. The van der Waals surface area contributed by atoms with Gasteiger partial charge in [0.1, 0.15) is 0 Å². The predicted octanol–water partition coefficient (Wildman–Crippen LogP) is 3.92. The van der Waals surface area contributed by atoms with Crippen LogP contribution in [0.15, 0.2) is 26.5 Å². The smallest absolute Gasteiger partial charge is 0.0696 e. The lowest BCUT2D eigenvalue weighted by atomic mass is 10.2. The van der Waals surface area contributed by atoms with Crippen LogP contribution in [0.1, 0.15) is 5.56 Å². The van der Waals surface area contributed by atoms with E-state index in [9.17, 15) is 0 Å². The fourth-order valence-corrected chi connectivity index (χ4v) is 4.04. The van der Waals surface area contributed by atoms with Crippen molar-refractivity contribution in [3.8, 4) is 0 Å². The lowest BCUT2D eigenvalue weighted by Gasteiger charge is -1.98. The average molecular weight is 322 g/mol. The molecule has 1 aromatic carbocycles. The van der Waals surface area contributed by atoms with Gasteiger partial charge in [-0.3, -0.25) is 0 Å². The molecule has 0 aliphatic heterocycles. The van der Waals surface area contributed by atoms with Crippen molar-refractivity contribution in [2.75, 3.05) is 0 Å². The van der Waals surface area contributed by atoms with Crippen molar-refractivity contribution >= 4 is 53.3 Å². The number of hydrogen-bond acceptors (Lipinski definition) is 2. The van der Waals surface area contributed by atoms with Crippen molar-refractivity contribution in [2.24, 2.45) is 0 Å². The molecule has 0 saturated heterocycles. The summed E-state index contributed by atoms with van der Waals surface area (Å²) < 4.78 is 3.27. The van der Waals surface area contributed by atoms with Gasteiger partial charge in [0.25, 0.3) is 0 Å². The van der Waals surface area contributed by atoms with Gasteiger partial charge in [-0.2, -0.15) is 0 Å². The molecule has 0 amide bonds. The Morgan fingerprint density at radius 3 is 2.77 bits per heavy atom. The van der Waals surface area contributed by atoms with Crippen LogP contribution in [-0.2, 0) is 6.61 Å². The number of hydrogen-bond donors (Lipinski definition) is 1. The molecule has 2 aromatic rings. The highest BCUT2D eigenvalue weighted by Gasteiger charge is 2.07. The molecule has 1 N–H and O–H groups in total. The Balaban J connectivity index is 2.82. The van der Waals surface area contributed by atoms with Crippen LogP contribution in [0.3, 0.4) is 0 Å². The van der Waals surface area contributed by atoms with E-state index in [4.69, 9.17) is 5.11 Å². The molecule has 68 valence electrons. The van der Waals surface area contributed by atoms with Gasteiger partial charge in [0, 0.05) is 19.0 Å². The summed E-state index contributed by atoms with van der Waals surface area (Å²) in [6.45, 7) is 0.0975. The normalized spacial score (nSPS) is 11.0. The van der Waals surface area contributed by atoms with Gasteiger partial charge in [0.15, 0.2) is 0 Å². The van der Waals surface area contributed by atoms with Crippen LogP contribution in [0.25, 0.3) is 10.1 Å². The van der Waals surface area contributed by atoms with Crippen molar-refractivity contribution < 1.29 is 5.11 Å². The zero-order valence-corrected chi connectivity index (χ0v) is 10.5. The monoisotopic (exact) mass is 320 g/mol. The van der Waals surface area contributed by atoms with Crippen molar-refractivity contribution in [3.63, 3.8) is 0 Å². The van der Waals surface area contributed by atoms with Gasteiger partial charge < -0.3 is 5.11 Å². The zero-order valence-electron chi connectivity index (χ0n) is 6.55. The molecule has 0 aliphatic rings. The molecule has 1 heterocycles. The number of benzene rings is 1. The van der Waals surface area contributed by atoms with E-state index in [2.05, 4.69) is 37.9 Å². The molecule has 0 saturated carbocycles. The minimum absolute atomic E-state index is 0.0975. The Morgan fingerprint density at radius 1 is 1.31 bits per heavy atom. The summed E-state index contributed by atoms with van der Waals surface area (Å²) in [6.07, 6.45) is 0. The second-order valence-corrected chi connectivity index (χ2v) is 5.36. The van der Waals surface area contributed by atoms with Crippen LogP contribution < -0.4 is 0 Å². The third-order valence-corrected chi connectivity index (χ3v) is 3.90. The van der Waals surface area contributed by atoms with Crippen LogP contribution in [0.5, 0.6) is 0 Å². The van der Waals surface area contributed by atoms with Crippen LogP contribution in [0.4, 0.5) is 0 Å². The Morgan fingerprint density at radius 2 is 2.08 bits per heavy atom. The largest absolute Gasteiger partial charge is 0.392 e. The summed E-state index contributed by atoms with van der Waals surface area (Å²) in [5.74, 6) is 0. The zero-order chi connectivity index (χ0) is 9.42. The fourth-order valence-electron chi connectivity index (χ4n) is 1.26. The molecule has 1 nitrogen and oxygen atoms in total. The summed E-state index contributed by atoms with van der Waals surface area (Å²) in [6, 6.07) is 4.05. The molecule has 1 aromatic heterocycles. The highest BCUT2D eigenvalue weighted by Crippen LogP contribution is 2.35. The minimum Gasteiger partial charge on any atom is -0.392 e. The first-order valence-corrected chi connectivity index (χ1v) is 6.15. The van der Waals surface area contributed by atoms with E-state index in [1.165, 1.54) is 4.70 Å². The summed E-state index contributed by atoms with van der Waals surface area (Å²) in [4.78, 5) is 0. The van der Waals surface area contributed by atoms with E-state index in [1.807, 2.05) is 11.4 Å². The third kappa shape index (κ3) is 1.68. The minimum atomic E-state index is 0.0975. The van der Waals surface area contributed by atoms with Crippen molar-refractivity contribution in [2.45, 2.75) is 6.61 Å². The first-order chi connectivity index (χ1) is 6.22. The summed E-state index contributed by atoms with van der Waals surface area (Å²) in [7, 11) is 0. The van der Waals surface area contributed by atoms with Crippen LogP contribution in [0, 0.1) is 0 Å². The SMILES string of the molecule is OCc1csc2cc(Br)cc(Br)c12. The third-order valence-electron chi connectivity index (χ3n) is 1.84. The lowest BCUT2D eigenvalue weighted by molar-refractivity contribution is 0.284. The van der Waals surface area contributed by atoms with Gasteiger partial charge in [-0.15, -0.1) is 11.3 Å². The number of aliphatic hydroxyl groups is 1. The topological polar surface area (TPSA) is 20.2 Å². The van der Waals surface area contributed by atoms with Gasteiger partial charge in [0.05, 0.1) is 6.61 Å². The first-order valence-electron chi connectivity index (χ1n) is 3.68. The fraction of sp³-hybridized carbons (Fsp3) is 0.111. The Labute approximate surface area is 96.6 Å². The lowest BCUT2D eigenvalue weighted by Crippen LogP contribution is -1.79. The van der Waals surface area contributed by atoms with E-state index in [0.717, 1.165) is 19.9 Å². The van der Waals surface area contributed by atoms with Gasteiger partial charge in [0.2, 0.25) is 0 Å². The number of fused-ring (bicyclic) bond motifs is 1. The molecule has 13 heavy (non-hydrogen) atoms. The highest BCUT2D eigenvalue weighted by molar-refractivity contribution is 9.11. The van der Waals surface area contributed by atoms with Crippen LogP contribution >= 0.6 is 43.2 Å². The van der Waals surface area contributed by atoms with Gasteiger partial charge in [-0.1, -0.05) is 31.9 Å². The number of thiophene rings is 1.